The molecule has 1 fully saturated rings. The Labute approximate surface area is 371 Å². The van der Waals surface area contributed by atoms with E-state index in [2.05, 4.69) is 30.9 Å². The summed E-state index contributed by atoms with van der Waals surface area (Å²) in [7, 11) is 0. The van der Waals surface area contributed by atoms with Crippen LogP contribution in [0.5, 0.6) is 0 Å². The molecule has 0 saturated carbocycles. The van der Waals surface area contributed by atoms with Crippen LogP contribution in [0.2, 0.25) is 0 Å². The van der Waals surface area contributed by atoms with Crippen LogP contribution in [0.4, 0.5) is 0 Å². The number of hydrogen-bond donors (Lipinski definition) is 7. The lowest BCUT2D eigenvalue weighted by molar-refractivity contribution is -0.144. The molecule has 4 rings (SSSR count). The molecule has 0 bridgehead atoms. The number of rotatable bonds is 25. The van der Waals surface area contributed by atoms with Gasteiger partial charge in [0.15, 0.2) is 17.5 Å². The average molecular weight is 885 g/mol. The predicted octanol–water partition coefficient (Wildman–Crippen LogP) is 1.33. The molecular weight excluding hydrogens is 825 g/mol. The van der Waals surface area contributed by atoms with Crippen LogP contribution in [0.15, 0.2) is 59.7 Å². The third-order valence-electron chi connectivity index (χ3n) is 11.6. The number of carboxylic acid groups (broad SMARTS) is 1. The number of ketones is 2. The van der Waals surface area contributed by atoms with Crippen LogP contribution in [0.1, 0.15) is 94.3 Å². The number of nitrogens with one attached hydrogen (secondary N) is 3. The van der Waals surface area contributed by atoms with E-state index in [1.165, 1.54) is 11.1 Å². The summed E-state index contributed by atoms with van der Waals surface area (Å²) in [5, 5.41) is 17.7. The fourth-order valence-corrected chi connectivity index (χ4v) is 7.55. The van der Waals surface area contributed by atoms with Crippen molar-refractivity contribution in [2.45, 2.75) is 110 Å². The van der Waals surface area contributed by atoms with Crippen molar-refractivity contribution in [2.75, 3.05) is 13.1 Å². The largest absolute Gasteiger partial charge is 0.481 e. The van der Waals surface area contributed by atoms with Crippen molar-refractivity contribution in [1.29, 1.82) is 0 Å². The number of Topliss-reactive ketones (excluding diaryl/α,β-unsaturated/α-hetero) is 2. The number of carbonyl (C=O) groups excluding carboxylic acids is 7. The summed E-state index contributed by atoms with van der Waals surface area (Å²) in [4.78, 5) is 120. The zero-order chi connectivity index (χ0) is 47.1. The Kier molecular flexibility index (Phi) is 18.4. The van der Waals surface area contributed by atoms with Crippen molar-refractivity contribution in [3.05, 3.63) is 71.5 Å². The first kappa shape index (κ1) is 49.9. The molecule has 3 unspecified atom stereocenters. The molecule has 64 heavy (non-hydrogen) atoms. The highest BCUT2D eigenvalue weighted by Crippen LogP contribution is 2.24. The fourth-order valence-electron chi connectivity index (χ4n) is 7.55. The highest BCUT2D eigenvalue weighted by Gasteiger charge is 2.43. The summed E-state index contributed by atoms with van der Waals surface area (Å²) in [5.41, 5.74) is 19.3. The molecule has 0 radical (unpaired) electrons. The maximum Gasteiger partial charge on any atom is 0.305 e. The first-order chi connectivity index (χ1) is 30.4. The number of aromatic nitrogens is 2. The number of likely N-dealkylation sites (tertiary alicyclic amines) is 1. The maximum absolute atomic E-state index is 14.1. The number of guanidine groups is 1. The van der Waals surface area contributed by atoms with E-state index >= 15 is 0 Å². The molecule has 19 nitrogen and oxygen atoms in total. The molecular formula is C45H60N10O9. The van der Waals surface area contributed by atoms with Crippen molar-refractivity contribution < 1.29 is 43.5 Å². The normalized spacial score (nSPS) is 16.4. The van der Waals surface area contributed by atoms with Gasteiger partial charge in [0.05, 0.1) is 36.1 Å². The Morgan fingerprint density at radius 3 is 2.11 bits per heavy atom. The lowest BCUT2D eigenvalue weighted by Crippen LogP contribution is -2.56. The van der Waals surface area contributed by atoms with Crippen molar-refractivity contribution in [2.24, 2.45) is 39.9 Å². The van der Waals surface area contributed by atoms with Crippen LogP contribution in [0.3, 0.4) is 0 Å². The molecule has 1 saturated heterocycles. The Hall–Kier alpha value is -6.79. The third-order valence-corrected chi connectivity index (χ3v) is 11.6. The number of carbonyl (C=O) groups is 8. The molecule has 3 aromatic rings. The zero-order valence-corrected chi connectivity index (χ0v) is 36.7. The lowest BCUT2D eigenvalue weighted by atomic mass is 9.90. The first-order valence-corrected chi connectivity index (χ1v) is 21.5. The summed E-state index contributed by atoms with van der Waals surface area (Å²) in [6.07, 6.45) is 1.65. The highest BCUT2D eigenvalue weighted by atomic mass is 16.4. The quantitative estimate of drug-likeness (QED) is 0.0274. The smallest absolute Gasteiger partial charge is 0.305 e. The number of nitrogens with zero attached hydrogens (tertiary/aromatic N) is 4. The van der Waals surface area contributed by atoms with E-state index in [4.69, 9.17) is 17.2 Å². The topological polar surface area (TPSA) is 312 Å². The van der Waals surface area contributed by atoms with Gasteiger partial charge in [-0.2, -0.15) is 0 Å². The molecule has 0 spiro atoms. The van der Waals surface area contributed by atoms with E-state index in [-0.39, 0.29) is 68.5 Å². The second-order valence-corrected chi connectivity index (χ2v) is 16.4. The Balaban J connectivity index is 1.40. The number of benzene rings is 2. The highest BCUT2D eigenvalue weighted by molar-refractivity contribution is 5.99. The number of aliphatic carboxylic acids is 1. The number of hydrogen-bond acceptors (Lipinski definition) is 11. The van der Waals surface area contributed by atoms with Gasteiger partial charge in [0.1, 0.15) is 23.8 Å². The van der Waals surface area contributed by atoms with Crippen molar-refractivity contribution in [1.82, 2.24) is 30.8 Å². The number of nitrogens with two attached hydrogens (primary N) is 3. The number of amides is 5. The van der Waals surface area contributed by atoms with E-state index in [0.717, 1.165) is 0 Å². The first-order valence-electron chi connectivity index (χ1n) is 21.5. The molecule has 2 heterocycles. The van der Waals surface area contributed by atoms with E-state index < -0.39 is 90.1 Å². The van der Waals surface area contributed by atoms with Gasteiger partial charge >= 0.3 is 5.97 Å². The average Bonchev–Trinajstić information content (AvgIpc) is 3.60. The molecule has 19 heteroatoms. The van der Waals surface area contributed by atoms with E-state index in [1.807, 2.05) is 32.0 Å². The second-order valence-electron chi connectivity index (χ2n) is 16.4. The van der Waals surface area contributed by atoms with Gasteiger partial charge in [-0.3, -0.25) is 48.3 Å². The number of fused-ring (bicyclic) bond motifs is 1. The lowest BCUT2D eigenvalue weighted by Gasteiger charge is -2.33. The van der Waals surface area contributed by atoms with E-state index in [1.54, 1.807) is 44.2 Å². The molecule has 5 amide bonds. The molecule has 1 aliphatic heterocycles. The monoisotopic (exact) mass is 884 g/mol. The van der Waals surface area contributed by atoms with Crippen LogP contribution in [-0.2, 0) is 46.4 Å². The molecule has 344 valence electrons. The van der Waals surface area contributed by atoms with Crippen LogP contribution in [0, 0.1) is 17.8 Å². The minimum atomic E-state index is -1.57. The summed E-state index contributed by atoms with van der Waals surface area (Å²) in [6, 6.07) is 9.52. The minimum absolute atomic E-state index is 0.0590. The summed E-state index contributed by atoms with van der Waals surface area (Å²) >= 11 is 0. The molecule has 1 aromatic heterocycles. The van der Waals surface area contributed by atoms with Gasteiger partial charge in [-0.25, -0.2) is 4.98 Å². The number of para-hydroxylation sites is 2. The zero-order valence-electron chi connectivity index (χ0n) is 36.7. The van der Waals surface area contributed by atoms with Gasteiger partial charge in [-0.15, -0.1) is 0 Å². The molecule has 7 atom stereocenters. The van der Waals surface area contributed by atoms with Gasteiger partial charge in [0.2, 0.25) is 29.5 Å². The van der Waals surface area contributed by atoms with Crippen LogP contribution in [0.25, 0.3) is 11.0 Å². The molecule has 10 N–H and O–H groups in total. The van der Waals surface area contributed by atoms with Gasteiger partial charge < -0.3 is 43.2 Å². The second kappa shape index (κ2) is 23.6. The number of carboxylic acids is 1. The number of aliphatic imine (C=N–C) groups is 1. The van der Waals surface area contributed by atoms with Crippen LogP contribution in [-0.4, -0.2) is 110 Å². The SMILES string of the molecule is CCC(C)C(NC(=O)[C@@H](CCCN=C(N)N)CC(=O)[C@H](CC(=O)O)NC(=O)[C@H]([C@@H](C)CC)N1CCC(NC(=O)Cc2ccc(CC(=O)c3cnc4ccccc4n3)cc2)C1=O)C(N)=O. The van der Waals surface area contributed by atoms with E-state index in [0.29, 0.717) is 35.0 Å². The standard InChI is InChI=1S/C45H60N10O9/c1-5-25(3)39(41(46)61)54-42(62)29(10-9-18-49-45(47)48)22-36(57)33(23-38(59)60)53-43(63)40(26(4)6-2)55-19-17-32(44(55)64)52-37(58)21-28-15-13-27(14-16-28)20-35(56)34-24-50-30-11-7-8-12-31(30)51-34/h7-8,11-16,24-26,29,32-33,39-40H,5-6,9-10,17-23H2,1-4H3,(H2,46,61)(H,52,58)(H,53,63)(H,54,62)(H,59,60)(H4,47,48,49)/t25?,26-,29-,32?,33-,39?,40-/m0/s1. The van der Waals surface area contributed by atoms with Gasteiger partial charge in [-0.1, -0.05) is 76.9 Å². The van der Waals surface area contributed by atoms with E-state index in [9.17, 15) is 43.5 Å². The Morgan fingerprint density at radius 1 is 0.859 bits per heavy atom. The van der Waals surface area contributed by atoms with Gasteiger partial charge in [0, 0.05) is 31.8 Å². The summed E-state index contributed by atoms with van der Waals surface area (Å²) in [6.45, 7) is 7.34. The summed E-state index contributed by atoms with van der Waals surface area (Å²) in [5.74, 6) is -7.48. The van der Waals surface area contributed by atoms with Gasteiger partial charge in [-0.05, 0) is 54.4 Å². The Morgan fingerprint density at radius 2 is 1.50 bits per heavy atom. The number of primary amides is 1. The van der Waals surface area contributed by atoms with Crippen molar-refractivity contribution in [3.8, 4) is 0 Å². The summed E-state index contributed by atoms with van der Waals surface area (Å²) < 4.78 is 0. The van der Waals surface area contributed by atoms with Crippen molar-refractivity contribution >= 4 is 64.1 Å². The third kappa shape index (κ3) is 14.1. The van der Waals surface area contributed by atoms with Crippen LogP contribution < -0.4 is 33.2 Å². The van der Waals surface area contributed by atoms with Gasteiger partial charge in [0.25, 0.3) is 0 Å². The maximum atomic E-state index is 14.1. The predicted molar refractivity (Wildman–Crippen MR) is 237 cm³/mol. The molecule has 2 aromatic carbocycles. The molecule has 0 aliphatic carbocycles. The minimum Gasteiger partial charge on any atom is -0.481 e. The van der Waals surface area contributed by atoms with Crippen LogP contribution >= 0.6 is 0 Å². The Bertz CT molecular complexity index is 2210. The van der Waals surface area contributed by atoms with Crippen molar-refractivity contribution in [3.63, 3.8) is 0 Å². The molecule has 1 aliphatic rings. The fraction of sp³-hybridized carbons (Fsp3) is 0.489.